The minimum Gasteiger partial charge on any atom is -0.303 e. The van der Waals surface area contributed by atoms with Gasteiger partial charge in [0.05, 0.1) is 5.69 Å². The van der Waals surface area contributed by atoms with Crippen LogP contribution in [0.4, 0.5) is 0 Å². The molecule has 0 saturated carbocycles. The largest absolute Gasteiger partial charge is 0.347 e. The Kier molecular flexibility index (Phi) is 5.74. The smallest absolute Gasteiger partial charge is 0.303 e. The number of aromatic nitrogens is 3. The third-order valence-corrected chi connectivity index (χ3v) is 6.22. The lowest BCUT2D eigenvalue weighted by Crippen LogP contribution is -2.47. The first-order valence-corrected chi connectivity index (χ1v) is 10.5. The molecule has 6 heteroatoms. The second-order valence-corrected chi connectivity index (χ2v) is 7.94. The predicted octanol–water partition coefficient (Wildman–Crippen LogP) is 2.61. The molecule has 1 aromatic carbocycles. The van der Waals surface area contributed by atoms with Crippen LogP contribution in [0, 0.1) is 0 Å². The number of benzene rings is 1. The summed E-state index contributed by atoms with van der Waals surface area (Å²) in [6.45, 7) is 8.21. The molecule has 2 fully saturated rings. The number of hydrogen-bond donors (Lipinski definition) is 1. The van der Waals surface area contributed by atoms with Crippen molar-refractivity contribution in [1.29, 1.82) is 0 Å². The van der Waals surface area contributed by atoms with E-state index in [2.05, 4.69) is 26.9 Å². The van der Waals surface area contributed by atoms with E-state index in [1.807, 2.05) is 30.3 Å². The van der Waals surface area contributed by atoms with Gasteiger partial charge in [0.15, 0.2) is 0 Å². The van der Waals surface area contributed by atoms with E-state index in [1.165, 1.54) is 38.9 Å². The van der Waals surface area contributed by atoms with Crippen LogP contribution in [0.5, 0.6) is 0 Å². The van der Waals surface area contributed by atoms with Gasteiger partial charge in [0, 0.05) is 12.0 Å². The fourth-order valence-electron chi connectivity index (χ4n) is 4.76. The maximum atomic E-state index is 12.3. The number of piperidine rings is 2. The number of aromatic amines is 1. The summed E-state index contributed by atoms with van der Waals surface area (Å²) < 4.78 is 1.75. The highest BCUT2D eigenvalue weighted by Crippen LogP contribution is 2.30. The Morgan fingerprint density at radius 3 is 2.41 bits per heavy atom. The minimum atomic E-state index is -0.137. The van der Waals surface area contributed by atoms with Crippen molar-refractivity contribution >= 4 is 0 Å². The molecule has 1 aromatic heterocycles. The highest BCUT2D eigenvalue weighted by atomic mass is 16.1. The molecule has 1 N–H and O–H groups in total. The van der Waals surface area contributed by atoms with Crippen molar-refractivity contribution in [2.24, 2.45) is 0 Å². The molecule has 4 rings (SSSR count). The molecule has 0 aliphatic carbocycles. The molecule has 0 radical (unpaired) electrons. The van der Waals surface area contributed by atoms with Crippen LogP contribution < -0.4 is 5.69 Å². The Bertz CT molecular complexity index is 767. The average molecular weight is 370 g/mol. The lowest BCUT2D eigenvalue weighted by Gasteiger charge is -2.41. The average Bonchev–Trinajstić information content (AvgIpc) is 3.11. The van der Waals surface area contributed by atoms with Gasteiger partial charge in [-0.25, -0.2) is 14.5 Å². The van der Waals surface area contributed by atoms with Gasteiger partial charge in [-0.3, -0.25) is 0 Å². The van der Waals surface area contributed by atoms with Gasteiger partial charge < -0.3 is 9.80 Å². The Balaban J connectivity index is 1.39. The summed E-state index contributed by atoms with van der Waals surface area (Å²) >= 11 is 0. The molecule has 0 unspecified atom stereocenters. The lowest BCUT2D eigenvalue weighted by molar-refractivity contribution is 0.0864. The second kappa shape index (κ2) is 8.40. The molecule has 2 saturated heterocycles. The van der Waals surface area contributed by atoms with E-state index in [1.54, 1.807) is 4.57 Å². The van der Waals surface area contributed by atoms with Crippen LogP contribution >= 0.6 is 0 Å². The Hall–Kier alpha value is -1.92. The summed E-state index contributed by atoms with van der Waals surface area (Å²) in [5, 5.41) is 7.05. The first-order valence-electron chi connectivity index (χ1n) is 10.5. The minimum absolute atomic E-state index is 0.137. The number of nitrogens with one attached hydrogen (secondary N) is 1. The monoisotopic (exact) mass is 369 g/mol. The van der Waals surface area contributed by atoms with Gasteiger partial charge >= 0.3 is 5.69 Å². The molecule has 2 aromatic rings. The summed E-state index contributed by atoms with van der Waals surface area (Å²) in [7, 11) is 0. The van der Waals surface area contributed by atoms with Crippen LogP contribution in [-0.4, -0.2) is 63.3 Å². The molecule has 0 amide bonds. The molecular formula is C21H31N5O. The van der Waals surface area contributed by atoms with Gasteiger partial charge in [-0.1, -0.05) is 25.1 Å². The van der Waals surface area contributed by atoms with E-state index in [0.717, 1.165) is 43.5 Å². The van der Waals surface area contributed by atoms with E-state index in [4.69, 9.17) is 0 Å². The maximum absolute atomic E-state index is 12.3. The zero-order valence-electron chi connectivity index (χ0n) is 16.3. The van der Waals surface area contributed by atoms with Crippen LogP contribution in [0.25, 0.3) is 5.69 Å². The van der Waals surface area contributed by atoms with Crippen molar-refractivity contribution in [3.05, 3.63) is 46.6 Å². The number of hydrogen-bond acceptors (Lipinski definition) is 4. The third kappa shape index (κ3) is 4.01. The highest BCUT2D eigenvalue weighted by Gasteiger charge is 2.30. The molecule has 2 aliphatic heterocycles. The summed E-state index contributed by atoms with van der Waals surface area (Å²) in [4.78, 5) is 17.6. The van der Waals surface area contributed by atoms with Gasteiger partial charge in [-0.15, -0.1) is 0 Å². The summed E-state index contributed by atoms with van der Waals surface area (Å²) in [6.07, 6.45) is 5.99. The Labute approximate surface area is 161 Å². The normalized spacial score (nSPS) is 20.9. The molecule has 146 valence electrons. The highest BCUT2D eigenvalue weighted by molar-refractivity contribution is 5.32. The van der Waals surface area contributed by atoms with Gasteiger partial charge in [-0.05, 0) is 77.0 Å². The van der Waals surface area contributed by atoms with Crippen molar-refractivity contribution in [1.82, 2.24) is 24.6 Å². The van der Waals surface area contributed by atoms with E-state index in [-0.39, 0.29) is 5.69 Å². The number of nitrogens with zero attached hydrogens (tertiary/aromatic N) is 4. The van der Waals surface area contributed by atoms with E-state index in [0.29, 0.717) is 5.92 Å². The van der Waals surface area contributed by atoms with Crippen LogP contribution in [0.2, 0.25) is 0 Å². The summed E-state index contributed by atoms with van der Waals surface area (Å²) in [5.41, 5.74) is 0.763. The summed E-state index contributed by atoms with van der Waals surface area (Å²) in [6, 6.07) is 10.6. The number of H-pyrrole nitrogens is 1. The Morgan fingerprint density at radius 2 is 1.74 bits per heavy atom. The fraction of sp³-hybridized carbons (Fsp3) is 0.619. The summed E-state index contributed by atoms with van der Waals surface area (Å²) in [5.74, 6) is 1.24. The lowest BCUT2D eigenvalue weighted by atomic mass is 9.92. The zero-order chi connectivity index (χ0) is 18.6. The van der Waals surface area contributed by atoms with Gasteiger partial charge in [0.2, 0.25) is 0 Å². The Morgan fingerprint density at radius 1 is 1.04 bits per heavy atom. The van der Waals surface area contributed by atoms with Crippen molar-refractivity contribution in [2.45, 2.75) is 51.0 Å². The predicted molar refractivity (Wildman–Crippen MR) is 107 cm³/mol. The first kappa shape index (κ1) is 18.4. The topological polar surface area (TPSA) is 57.2 Å². The van der Waals surface area contributed by atoms with E-state index < -0.39 is 0 Å². The fourth-order valence-corrected chi connectivity index (χ4v) is 4.76. The third-order valence-electron chi connectivity index (χ3n) is 6.22. The van der Waals surface area contributed by atoms with Crippen LogP contribution in [0.1, 0.15) is 50.8 Å². The molecule has 6 nitrogen and oxygen atoms in total. The van der Waals surface area contributed by atoms with Gasteiger partial charge in [-0.2, -0.15) is 5.10 Å². The van der Waals surface area contributed by atoms with Crippen molar-refractivity contribution in [2.75, 3.05) is 32.7 Å². The van der Waals surface area contributed by atoms with Crippen LogP contribution in [-0.2, 0) is 0 Å². The number of para-hydroxylation sites is 1. The standard InChI is InChI=1S/C21H31N5O/c1-2-12-24-13-10-18(11-14-24)25-15-8-17(9-16-25)20-22-23-21(27)26(20)19-6-4-3-5-7-19/h3-7,17-18H,2,8-16H2,1H3,(H,23,27). The van der Waals surface area contributed by atoms with Gasteiger partial charge in [0.1, 0.15) is 5.82 Å². The second-order valence-electron chi connectivity index (χ2n) is 7.94. The molecule has 0 spiro atoms. The molecule has 2 aliphatic rings. The van der Waals surface area contributed by atoms with Crippen LogP contribution in [0.15, 0.2) is 35.1 Å². The molecule has 27 heavy (non-hydrogen) atoms. The van der Waals surface area contributed by atoms with E-state index in [9.17, 15) is 4.79 Å². The van der Waals surface area contributed by atoms with Crippen LogP contribution in [0.3, 0.4) is 0 Å². The van der Waals surface area contributed by atoms with Gasteiger partial charge in [0.25, 0.3) is 0 Å². The maximum Gasteiger partial charge on any atom is 0.347 e. The zero-order valence-corrected chi connectivity index (χ0v) is 16.3. The van der Waals surface area contributed by atoms with E-state index >= 15 is 0 Å². The molecule has 0 atom stereocenters. The number of likely N-dealkylation sites (tertiary alicyclic amines) is 2. The molecule has 3 heterocycles. The van der Waals surface area contributed by atoms with Crippen molar-refractivity contribution in [3.8, 4) is 5.69 Å². The SMILES string of the molecule is CCCN1CCC(N2CCC(c3n[nH]c(=O)n3-c3ccccc3)CC2)CC1. The van der Waals surface area contributed by atoms with Crippen molar-refractivity contribution < 1.29 is 0 Å². The van der Waals surface area contributed by atoms with Crippen molar-refractivity contribution in [3.63, 3.8) is 0 Å². The molecular weight excluding hydrogens is 338 g/mol. The number of rotatable bonds is 5. The quantitative estimate of drug-likeness (QED) is 0.880. The molecule has 0 bridgehead atoms. The first-order chi connectivity index (χ1) is 13.3.